The summed E-state index contributed by atoms with van der Waals surface area (Å²) in [5.74, 6) is -1.69. The second-order valence-electron chi connectivity index (χ2n) is 9.92. The molecule has 6 rings (SSSR count). The van der Waals surface area contributed by atoms with E-state index in [1.165, 1.54) is 36.4 Å². The molecule has 10 heteroatoms. The van der Waals surface area contributed by atoms with Crippen LogP contribution in [0.15, 0.2) is 121 Å². The number of fused-ring (bicyclic) bond motifs is 2. The summed E-state index contributed by atoms with van der Waals surface area (Å²) in [4.78, 5) is 43.5. The third-order valence-electron chi connectivity index (χ3n) is 6.79. The normalized spacial score (nSPS) is 10.4. The number of carboxylic acids is 4. The zero-order valence-electron chi connectivity index (χ0n) is 23.8. The van der Waals surface area contributed by atoms with E-state index in [-0.39, 0.29) is 22.3 Å². The van der Waals surface area contributed by atoms with Crippen LogP contribution in [0.3, 0.4) is 0 Å². The van der Waals surface area contributed by atoms with E-state index in [9.17, 15) is 19.2 Å². The van der Waals surface area contributed by atoms with Crippen molar-refractivity contribution in [1.29, 1.82) is 0 Å². The molecule has 0 spiro atoms. The zero-order chi connectivity index (χ0) is 32.8. The highest BCUT2D eigenvalue weighted by molar-refractivity contribution is 5.96. The fourth-order valence-corrected chi connectivity index (χ4v) is 4.44. The maximum absolute atomic E-state index is 11.0. The summed E-state index contributed by atoms with van der Waals surface area (Å²) in [5.41, 5.74) is 0.847. The first kappa shape index (κ1) is 30.8. The second kappa shape index (κ2) is 13.3. The Labute approximate surface area is 260 Å². The van der Waals surface area contributed by atoms with Gasteiger partial charge in [0.1, 0.15) is 23.0 Å². The Balaban J connectivity index is 0.000000181. The van der Waals surface area contributed by atoms with Gasteiger partial charge in [-0.3, -0.25) is 0 Å². The average Bonchev–Trinajstić information content (AvgIpc) is 3.05. The number of hydrogen-bond acceptors (Lipinski definition) is 6. The zero-order valence-corrected chi connectivity index (χ0v) is 23.8. The van der Waals surface area contributed by atoms with E-state index in [0.29, 0.717) is 23.0 Å². The maximum Gasteiger partial charge on any atom is 0.335 e. The van der Waals surface area contributed by atoms with Gasteiger partial charge in [0, 0.05) is 0 Å². The number of carboxylic acid groups (broad SMARTS) is 4. The third-order valence-corrected chi connectivity index (χ3v) is 6.79. The predicted octanol–water partition coefficient (Wildman–Crippen LogP) is 8.06. The fourth-order valence-electron chi connectivity index (χ4n) is 4.44. The van der Waals surface area contributed by atoms with E-state index in [1.54, 1.807) is 84.9 Å². The van der Waals surface area contributed by atoms with Crippen molar-refractivity contribution in [3.63, 3.8) is 0 Å². The highest BCUT2D eigenvalue weighted by atomic mass is 16.5. The van der Waals surface area contributed by atoms with Gasteiger partial charge in [-0.25, -0.2) is 19.2 Å². The summed E-state index contributed by atoms with van der Waals surface area (Å²) in [6.45, 7) is 0. The molecule has 0 bridgehead atoms. The third kappa shape index (κ3) is 7.44. The molecule has 0 atom stereocenters. The molecule has 0 aliphatic carbocycles. The summed E-state index contributed by atoms with van der Waals surface area (Å²) in [5, 5.41) is 39.0. The number of aromatic carboxylic acids is 4. The van der Waals surface area contributed by atoms with Crippen molar-refractivity contribution < 1.29 is 49.1 Å². The monoisotopic (exact) mass is 616 g/mol. The molecule has 6 aromatic carbocycles. The van der Waals surface area contributed by atoms with Crippen molar-refractivity contribution in [2.45, 2.75) is 0 Å². The Morgan fingerprint density at radius 1 is 0.326 bits per heavy atom. The maximum atomic E-state index is 11.0. The van der Waals surface area contributed by atoms with Gasteiger partial charge in [0.15, 0.2) is 0 Å². The Morgan fingerprint density at radius 2 is 0.587 bits per heavy atom. The van der Waals surface area contributed by atoms with Gasteiger partial charge < -0.3 is 29.9 Å². The summed E-state index contributed by atoms with van der Waals surface area (Å²) >= 11 is 0. The van der Waals surface area contributed by atoms with E-state index in [2.05, 4.69) is 0 Å². The van der Waals surface area contributed by atoms with Crippen LogP contribution in [0, 0.1) is 0 Å². The lowest BCUT2D eigenvalue weighted by Gasteiger charge is -2.07. The highest BCUT2D eigenvalue weighted by Gasteiger charge is 2.08. The highest BCUT2D eigenvalue weighted by Crippen LogP contribution is 2.28. The Hall–Kier alpha value is -6.68. The molecule has 46 heavy (non-hydrogen) atoms. The van der Waals surface area contributed by atoms with Crippen LogP contribution in [-0.4, -0.2) is 44.3 Å². The molecule has 0 aliphatic rings. The molecular formula is C36H24O10. The van der Waals surface area contributed by atoms with Crippen LogP contribution in [0.2, 0.25) is 0 Å². The largest absolute Gasteiger partial charge is 0.478 e. The lowest BCUT2D eigenvalue weighted by molar-refractivity contribution is 0.0686. The number of rotatable bonds is 8. The number of ether oxygens (including phenoxy) is 2. The molecule has 0 fully saturated rings. The summed E-state index contributed by atoms with van der Waals surface area (Å²) in [6.07, 6.45) is 0. The number of carbonyl (C=O) groups is 4. The number of benzene rings is 6. The van der Waals surface area contributed by atoms with Crippen molar-refractivity contribution >= 4 is 45.4 Å². The van der Waals surface area contributed by atoms with Crippen LogP contribution in [-0.2, 0) is 0 Å². The summed E-state index contributed by atoms with van der Waals surface area (Å²) in [7, 11) is 0. The van der Waals surface area contributed by atoms with Crippen LogP contribution in [0.4, 0.5) is 0 Å². The number of hydrogen-bond donors (Lipinski definition) is 4. The molecule has 6 aromatic rings. The van der Waals surface area contributed by atoms with Gasteiger partial charge in [0.05, 0.1) is 22.3 Å². The van der Waals surface area contributed by atoms with Crippen LogP contribution in [0.5, 0.6) is 23.0 Å². The molecule has 0 heterocycles. The standard InChI is InChI=1S/2C18H12O5/c2*19-17(20)11-3-6-15(7-4-11)23-16-8-5-12-9-14(18(21)22)2-1-13(12)10-16/h2*1-10H,(H,19,20)(H,21,22). The smallest absolute Gasteiger partial charge is 0.335 e. The molecule has 0 saturated heterocycles. The minimum atomic E-state index is -0.989. The summed E-state index contributed by atoms with van der Waals surface area (Å²) < 4.78 is 11.4. The molecule has 10 nitrogen and oxygen atoms in total. The fraction of sp³-hybridized carbons (Fsp3) is 0. The van der Waals surface area contributed by atoms with Crippen molar-refractivity contribution in [2.24, 2.45) is 0 Å². The molecular weight excluding hydrogens is 592 g/mol. The van der Waals surface area contributed by atoms with E-state index in [0.717, 1.165) is 21.5 Å². The molecule has 0 radical (unpaired) electrons. The van der Waals surface area contributed by atoms with Crippen molar-refractivity contribution in [2.75, 3.05) is 0 Å². The minimum Gasteiger partial charge on any atom is -0.478 e. The van der Waals surface area contributed by atoms with Crippen LogP contribution in [0.25, 0.3) is 21.5 Å². The van der Waals surface area contributed by atoms with Gasteiger partial charge >= 0.3 is 23.9 Å². The van der Waals surface area contributed by atoms with Crippen LogP contribution in [0.1, 0.15) is 41.4 Å². The molecule has 0 unspecified atom stereocenters. The molecule has 0 aliphatic heterocycles. The topological polar surface area (TPSA) is 168 Å². The van der Waals surface area contributed by atoms with E-state index >= 15 is 0 Å². The van der Waals surface area contributed by atoms with Gasteiger partial charge in [-0.15, -0.1) is 0 Å². The lowest BCUT2D eigenvalue weighted by Crippen LogP contribution is -1.95. The molecule has 0 amide bonds. The molecule has 0 saturated carbocycles. The van der Waals surface area contributed by atoms with Crippen molar-refractivity contribution in [3.8, 4) is 23.0 Å². The van der Waals surface area contributed by atoms with E-state index in [4.69, 9.17) is 29.9 Å². The Kier molecular flexibility index (Phi) is 8.90. The van der Waals surface area contributed by atoms with Gasteiger partial charge in [-0.2, -0.15) is 0 Å². The van der Waals surface area contributed by atoms with Gasteiger partial charge in [-0.1, -0.05) is 24.3 Å². The van der Waals surface area contributed by atoms with Crippen molar-refractivity contribution in [1.82, 2.24) is 0 Å². The quantitative estimate of drug-likeness (QED) is 0.131. The summed E-state index contributed by atoms with van der Waals surface area (Å²) in [6, 6.07) is 32.6. The SMILES string of the molecule is O=C(O)c1ccc(Oc2ccc3cc(C(=O)O)ccc3c2)cc1.O=C(O)c1ccc(Oc2ccc3cc(C(=O)O)ccc3c2)cc1. The Bertz CT molecular complexity index is 1950. The van der Waals surface area contributed by atoms with Crippen molar-refractivity contribution in [3.05, 3.63) is 144 Å². The van der Waals surface area contributed by atoms with Gasteiger partial charge in [0.25, 0.3) is 0 Å². The van der Waals surface area contributed by atoms with E-state index < -0.39 is 23.9 Å². The van der Waals surface area contributed by atoms with Gasteiger partial charge in [-0.05, 0) is 119 Å². The molecule has 228 valence electrons. The van der Waals surface area contributed by atoms with Crippen LogP contribution >= 0.6 is 0 Å². The molecule has 4 N–H and O–H groups in total. The van der Waals surface area contributed by atoms with Gasteiger partial charge in [0.2, 0.25) is 0 Å². The van der Waals surface area contributed by atoms with E-state index in [1.807, 2.05) is 0 Å². The minimum absolute atomic E-state index is 0.192. The van der Waals surface area contributed by atoms with Crippen LogP contribution < -0.4 is 9.47 Å². The predicted molar refractivity (Wildman–Crippen MR) is 169 cm³/mol. The first-order chi connectivity index (χ1) is 22.0. The first-order valence-electron chi connectivity index (χ1n) is 13.6. The molecule has 0 aromatic heterocycles. The first-order valence-corrected chi connectivity index (χ1v) is 13.6. The lowest BCUT2D eigenvalue weighted by atomic mass is 10.1. The second-order valence-corrected chi connectivity index (χ2v) is 9.92. The average molecular weight is 617 g/mol. The Morgan fingerprint density at radius 3 is 0.913 bits per heavy atom.